The lowest BCUT2D eigenvalue weighted by Gasteiger charge is -2.18. The van der Waals surface area contributed by atoms with Crippen LogP contribution in [0.3, 0.4) is 0 Å². The second-order valence-electron chi connectivity index (χ2n) is 4.50. The second-order valence-corrected chi connectivity index (χ2v) is 4.50. The van der Waals surface area contributed by atoms with Crippen LogP contribution in [-0.4, -0.2) is 28.2 Å². The van der Waals surface area contributed by atoms with Crippen LogP contribution in [0, 0.1) is 18.8 Å². The SMILES string of the molecule is Cc1nccc(NCC2CCCC2CO)n1. The lowest BCUT2D eigenvalue weighted by atomic mass is 9.97. The van der Waals surface area contributed by atoms with Gasteiger partial charge in [-0.25, -0.2) is 9.97 Å². The monoisotopic (exact) mass is 221 g/mol. The minimum absolute atomic E-state index is 0.315. The number of aliphatic hydroxyl groups is 1. The number of aromatic nitrogens is 2. The van der Waals surface area contributed by atoms with E-state index in [9.17, 15) is 5.11 Å². The molecule has 1 fully saturated rings. The van der Waals surface area contributed by atoms with Gasteiger partial charge in [-0.15, -0.1) is 0 Å². The molecule has 88 valence electrons. The fourth-order valence-electron chi connectivity index (χ4n) is 2.41. The highest BCUT2D eigenvalue weighted by atomic mass is 16.3. The quantitative estimate of drug-likeness (QED) is 0.811. The number of rotatable bonds is 4. The maximum absolute atomic E-state index is 9.22. The molecule has 0 saturated heterocycles. The minimum atomic E-state index is 0.315. The molecule has 1 saturated carbocycles. The first-order valence-electron chi connectivity index (χ1n) is 5.94. The second kappa shape index (κ2) is 5.25. The Bertz CT molecular complexity index is 343. The van der Waals surface area contributed by atoms with Crippen molar-refractivity contribution < 1.29 is 5.11 Å². The van der Waals surface area contributed by atoms with E-state index in [0.29, 0.717) is 18.4 Å². The van der Waals surface area contributed by atoms with E-state index in [0.717, 1.165) is 24.6 Å². The van der Waals surface area contributed by atoms with E-state index in [1.54, 1.807) is 6.20 Å². The third-order valence-corrected chi connectivity index (χ3v) is 3.37. The first-order chi connectivity index (χ1) is 7.79. The summed E-state index contributed by atoms with van der Waals surface area (Å²) < 4.78 is 0. The van der Waals surface area contributed by atoms with E-state index in [4.69, 9.17) is 0 Å². The van der Waals surface area contributed by atoms with Gasteiger partial charge in [-0.1, -0.05) is 6.42 Å². The van der Waals surface area contributed by atoms with E-state index in [2.05, 4.69) is 15.3 Å². The number of hydrogen-bond acceptors (Lipinski definition) is 4. The van der Waals surface area contributed by atoms with Crippen LogP contribution in [0.2, 0.25) is 0 Å². The molecule has 4 nitrogen and oxygen atoms in total. The largest absolute Gasteiger partial charge is 0.396 e. The van der Waals surface area contributed by atoms with Crippen LogP contribution in [0.1, 0.15) is 25.1 Å². The highest BCUT2D eigenvalue weighted by molar-refractivity contribution is 5.32. The lowest BCUT2D eigenvalue weighted by molar-refractivity contribution is 0.199. The molecule has 2 unspecified atom stereocenters. The molecular weight excluding hydrogens is 202 g/mol. The summed E-state index contributed by atoms with van der Waals surface area (Å²) in [5, 5.41) is 12.6. The highest BCUT2D eigenvalue weighted by Gasteiger charge is 2.26. The summed E-state index contributed by atoms with van der Waals surface area (Å²) in [6, 6.07) is 1.88. The maximum Gasteiger partial charge on any atom is 0.129 e. The molecule has 0 amide bonds. The van der Waals surface area contributed by atoms with Crippen LogP contribution in [0.15, 0.2) is 12.3 Å². The van der Waals surface area contributed by atoms with Gasteiger partial charge >= 0.3 is 0 Å². The number of anilines is 1. The fourth-order valence-corrected chi connectivity index (χ4v) is 2.41. The van der Waals surface area contributed by atoms with Crippen LogP contribution in [-0.2, 0) is 0 Å². The molecule has 0 aliphatic heterocycles. The van der Waals surface area contributed by atoms with Gasteiger partial charge in [0.2, 0.25) is 0 Å². The summed E-state index contributed by atoms with van der Waals surface area (Å²) in [7, 11) is 0. The zero-order valence-electron chi connectivity index (χ0n) is 9.69. The average molecular weight is 221 g/mol. The molecule has 1 heterocycles. The fraction of sp³-hybridized carbons (Fsp3) is 0.667. The van der Waals surface area contributed by atoms with E-state index in [-0.39, 0.29) is 0 Å². The van der Waals surface area contributed by atoms with Gasteiger partial charge in [0.05, 0.1) is 0 Å². The first kappa shape index (κ1) is 11.3. The van der Waals surface area contributed by atoms with Crippen molar-refractivity contribution in [2.45, 2.75) is 26.2 Å². The first-order valence-corrected chi connectivity index (χ1v) is 5.94. The van der Waals surface area contributed by atoms with Gasteiger partial charge in [0, 0.05) is 19.3 Å². The molecule has 4 heteroatoms. The van der Waals surface area contributed by atoms with Crippen LogP contribution < -0.4 is 5.32 Å². The van der Waals surface area contributed by atoms with E-state index < -0.39 is 0 Å². The number of nitrogens with zero attached hydrogens (tertiary/aromatic N) is 2. The number of hydrogen-bond donors (Lipinski definition) is 2. The van der Waals surface area contributed by atoms with Gasteiger partial charge in [-0.2, -0.15) is 0 Å². The van der Waals surface area contributed by atoms with Crippen LogP contribution >= 0.6 is 0 Å². The molecule has 0 spiro atoms. The molecule has 2 N–H and O–H groups in total. The Balaban J connectivity index is 1.87. The molecule has 0 aromatic carbocycles. The van der Waals surface area contributed by atoms with E-state index in [1.807, 2.05) is 13.0 Å². The summed E-state index contributed by atoms with van der Waals surface area (Å²) in [6.45, 7) is 3.11. The molecule has 1 aliphatic carbocycles. The number of aliphatic hydroxyl groups excluding tert-OH is 1. The Labute approximate surface area is 96.1 Å². The minimum Gasteiger partial charge on any atom is -0.396 e. The Hall–Kier alpha value is -1.16. The Kier molecular flexibility index (Phi) is 3.72. The molecule has 16 heavy (non-hydrogen) atoms. The predicted octanol–water partition coefficient (Wildman–Crippen LogP) is 1.61. The summed E-state index contributed by atoms with van der Waals surface area (Å²) >= 11 is 0. The van der Waals surface area contributed by atoms with Crippen molar-refractivity contribution >= 4 is 5.82 Å². The van der Waals surface area contributed by atoms with Crippen molar-refractivity contribution in [2.24, 2.45) is 11.8 Å². The van der Waals surface area contributed by atoms with Gasteiger partial charge in [0.15, 0.2) is 0 Å². The molecule has 1 aromatic heterocycles. The van der Waals surface area contributed by atoms with Crippen molar-refractivity contribution in [3.63, 3.8) is 0 Å². The van der Waals surface area contributed by atoms with Crippen molar-refractivity contribution in [2.75, 3.05) is 18.5 Å². The van der Waals surface area contributed by atoms with Gasteiger partial charge in [0.25, 0.3) is 0 Å². The topological polar surface area (TPSA) is 58.0 Å². The van der Waals surface area contributed by atoms with E-state index >= 15 is 0 Å². The van der Waals surface area contributed by atoms with Gasteiger partial charge in [-0.05, 0) is 37.7 Å². The summed E-state index contributed by atoms with van der Waals surface area (Å²) in [5.41, 5.74) is 0. The normalized spacial score (nSPS) is 24.6. The van der Waals surface area contributed by atoms with Crippen molar-refractivity contribution in [3.8, 4) is 0 Å². The molecule has 1 aliphatic rings. The van der Waals surface area contributed by atoms with Gasteiger partial charge in [-0.3, -0.25) is 0 Å². The van der Waals surface area contributed by atoms with Crippen molar-refractivity contribution in [1.82, 2.24) is 9.97 Å². The standard InChI is InChI=1S/C12H19N3O/c1-9-13-6-5-12(15-9)14-7-10-3-2-4-11(10)8-16/h5-6,10-11,16H,2-4,7-8H2,1H3,(H,13,14,15). The average Bonchev–Trinajstić information content (AvgIpc) is 2.74. The molecule has 0 radical (unpaired) electrons. The highest BCUT2D eigenvalue weighted by Crippen LogP contribution is 2.31. The zero-order valence-corrected chi connectivity index (χ0v) is 9.69. The van der Waals surface area contributed by atoms with Gasteiger partial charge < -0.3 is 10.4 Å². The van der Waals surface area contributed by atoms with Crippen molar-refractivity contribution in [1.29, 1.82) is 0 Å². The smallest absolute Gasteiger partial charge is 0.129 e. The molecular formula is C12H19N3O. The van der Waals surface area contributed by atoms with Crippen LogP contribution in [0.5, 0.6) is 0 Å². The molecule has 0 bridgehead atoms. The van der Waals surface area contributed by atoms with Crippen LogP contribution in [0.4, 0.5) is 5.82 Å². The maximum atomic E-state index is 9.22. The third kappa shape index (κ3) is 2.70. The Morgan fingerprint density at radius 1 is 1.44 bits per heavy atom. The molecule has 2 rings (SSSR count). The Morgan fingerprint density at radius 2 is 2.25 bits per heavy atom. The lowest BCUT2D eigenvalue weighted by Crippen LogP contribution is -2.21. The third-order valence-electron chi connectivity index (χ3n) is 3.37. The number of aryl methyl sites for hydroxylation is 1. The summed E-state index contributed by atoms with van der Waals surface area (Å²) in [5.74, 6) is 2.72. The van der Waals surface area contributed by atoms with Gasteiger partial charge in [0.1, 0.15) is 11.6 Å². The summed E-state index contributed by atoms with van der Waals surface area (Å²) in [4.78, 5) is 8.36. The zero-order chi connectivity index (χ0) is 11.4. The molecule has 2 atom stereocenters. The Morgan fingerprint density at radius 3 is 3.00 bits per heavy atom. The molecule has 1 aromatic rings. The predicted molar refractivity (Wildman–Crippen MR) is 63.2 cm³/mol. The number of nitrogens with one attached hydrogen (secondary N) is 1. The summed E-state index contributed by atoms with van der Waals surface area (Å²) in [6.07, 6.45) is 5.37. The van der Waals surface area contributed by atoms with Crippen LogP contribution in [0.25, 0.3) is 0 Å². The van der Waals surface area contributed by atoms with E-state index in [1.165, 1.54) is 12.8 Å². The van der Waals surface area contributed by atoms with Crippen molar-refractivity contribution in [3.05, 3.63) is 18.1 Å².